The molecule has 2 amide bonds. The molecule has 0 bridgehead atoms. The highest BCUT2D eigenvalue weighted by molar-refractivity contribution is 5.79. The normalized spacial score (nSPS) is 25.6. The molecule has 2 unspecified atom stereocenters. The van der Waals surface area contributed by atoms with Crippen LogP contribution in [-0.2, 0) is 9.59 Å². The zero-order valence-electron chi connectivity index (χ0n) is 18.6. The Balaban J connectivity index is 1.31. The first-order valence-corrected chi connectivity index (χ1v) is 11.9. The van der Waals surface area contributed by atoms with Gasteiger partial charge in [-0.25, -0.2) is 0 Å². The zero-order valence-corrected chi connectivity index (χ0v) is 18.6. The van der Waals surface area contributed by atoms with Crippen molar-refractivity contribution in [1.29, 1.82) is 0 Å². The third-order valence-electron chi connectivity index (χ3n) is 7.35. The van der Waals surface area contributed by atoms with Crippen molar-refractivity contribution in [2.75, 3.05) is 32.7 Å². The fraction of sp³-hybridized carbons (Fsp3) is 0.680. The van der Waals surface area contributed by atoms with Crippen LogP contribution in [0.2, 0.25) is 0 Å². The average Bonchev–Trinajstić information content (AvgIpc) is 3.47. The maximum atomic E-state index is 12.8. The molecule has 5 heteroatoms. The van der Waals surface area contributed by atoms with Gasteiger partial charge in [-0.15, -0.1) is 0 Å². The van der Waals surface area contributed by atoms with Crippen molar-refractivity contribution in [2.24, 2.45) is 23.7 Å². The lowest BCUT2D eigenvalue weighted by Crippen LogP contribution is -2.37. The van der Waals surface area contributed by atoms with Crippen LogP contribution < -0.4 is 5.32 Å². The quantitative estimate of drug-likeness (QED) is 0.747. The van der Waals surface area contributed by atoms with Gasteiger partial charge in [0.05, 0.1) is 6.04 Å². The highest BCUT2D eigenvalue weighted by atomic mass is 16.2. The SMILES string of the molecule is CC(C)C(=O)N1CC2CN(CC[C@H](NC(=O)C3CCCC3)c3ccccc3)CC2C1. The number of nitrogens with zero attached hydrogens (tertiary/aromatic N) is 2. The molecular weight excluding hydrogens is 374 g/mol. The van der Waals surface area contributed by atoms with E-state index in [0.29, 0.717) is 17.7 Å². The Morgan fingerprint density at radius 2 is 1.63 bits per heavy atom. The predicted octanol–water partition coefficient (Wildman–Crippen LogP) is 3.47. The Kier molecular flexibility index (Phi) is 6.77. The van der Waals surface area contributed by atoms with Crippen molar-refractivity contribution < 1.29 is 9.59 Å². The molecule has 5 nitrogen and oxygen atoms in total. The molecule has 0 aromatic heterocycles. The highest BCUT2D eigenvalue weighted by Gasteiger charge is 2.41. The minimum Gasteiger partial charge on any atom is -0.349 e. The van der Waals surface area contributed by atoms with Gasteiger partial charge in [0.2, 0.25) is 11.8 Å². The third-order valence-corrected chi connectivity index (χ3v) is 7.35. The van der Waals surface area contributed by atoms with Gasteiger partial charge in [0.1, 0.15) is 0 Å². The summed E-state index contributed by atoms with van der Waals surface area (Å²) in [5.74, 6) is 2.05. The van der Waals surface area contributed by atoms with Gasteiger partial charge in [-0.05, 0) is 36.7 Å². The third kappa shape index (κ3) is 4.88. The van der Waals surface area contributed by atoms with Gasteiger partial charge in [-0.2, -0.15) is 0 Å². The fourth-order valence-electron chi connectivity index (χ4n) is 5.61. The van der Waals surface area contributed by atoms with E-state index in [1.54, 1.807) is 0 Å². The number of hydrogen-bond acceptors (Lipinski definition) is 3. The first-order chi connectivity index (χ1) is 14.5. The van der Waals surface area contributed by atoms with E-state index in [2.05, 4.69) is 39.4 Å². The number of nitrogens with one attached hydrogen (secondary N) is 1. The van der Waals surface area contributed by atoms with Gasteiger partial charge < -0.3 is 15.1 Å². The van der Waals surface area contributed by atoms with Crippen molar-refractivity contribution in [2.45, 2.75) is 52.0 Å². The number of fused-ring (bicyclic) bond motifs is 1. The summed E-state index contributed by atoms with van der Waals surface area (Å²) >= 11 is 0. The Morgan fingerprint density at radius 3 is 2.23 bits per heavy atom. The van der Waals surface area contributed by atoms with Crippen molar-refractivity contribution in [3.63, 3.8) is 0 Å². The Labute approximate surface area is 181 Å². The smallest absolute Gasteiger partial charge is 0.225 e. The molecule has 4 rings (SSSR count). The van der Waals surface area contributed by atoms with Gasteiger partial charge in [0.15, 0.2) is 0 Å². The molecule has 0 spiro atoms. The molecule has 2 heterocycles. The molecule has 1 saturated carbocycles. The summed E-state index contributed by atoms with van der Waals surface area (Å²) in [5, 5.41) is 3.37. The van der Waals surface area contributed by atoms with Crippen LogP contribution in [0.5, 0.6) is 0 Å². The van der Waals surface area contributed by atoms with Crippen molar-refractivity contribution in [3.05, 3.63) is 35.9 Å². The summed E-state index contributed by atoms with van der Waals surface area (Å²) < 4.78 is 0. The highest BCUT2D eigenvalue weighted by Crippen LogP contribution is 2.33. The molecule has 2 saturated heterocycles. The monoisotopic (exact) mass is 411 g/mol. The molecule has 1 aromatic rings. The molecular formula is C25H37N3O2. The summed E-state index contributed by atoms with van der Waals surface area (Å²) in [7, 11) is 0. The van der Waals surface area contributed by atoms with E-state index in [1.165, 1.54) is 18.4 Å². The summed E-state index contributed by atoms with van der Waals surface area (Å²) in [6.45, 7) is 8.96. The van der Waals surface area contributed by atoms with Crippen LogP contribution in [0.15, 0.2) is 30.3 Å². The molecule has 1 N–H and O–H groups in total. The second-order valence-electron chi connectivity index (χ2n) is 9.92. The van der Waals surface area contributed by atoms with E-state index in [-0.39, 0.29) is 23.8 Å². The van der Waals surface area contributed by atoms with Crippen LogP contribution in [0.3, 0.4) is 0 Å². The molecule has 3 atom stereocenters. The van der Waals surface area contributed by atoms with Crippen molar-refractivity contribution in [3.8, 4) is 0 Å². The van der Waals surface area contributed by atoms with Gasteiger partial charge in [0.25, 0.3) is 0 Å². The molecule has 1 aliphatic carbocycles. The van der Waals surface area contributed by atoms with E-state index in [1.807, 2.05) is 19.9 Å². The minimum atomic E-state index is 0.0822. The van der Waals surface area contributed by atoms with Crippen LogP contribution >= 0.6 is 0 Å². The molecule has 3 aliphatic rings. The van der Waals surface area contributed by atoms with Gasteiger partial charge in [0, 0.05) is 44.6 Å². The average molecular weight is 412 g/mol. The zero-order chi connectivity index (χ0) is 21.1. The van der Waals surface area contributed by atoms with Crippen LogP contribution in [0.25, 0.3) is 0 Å². The van der Waals surface area contributed by atoms with Crippen molar-refractivity contribution in [1.82, 2.24) is 15.1 Å². The van der Waals surface area contributed by atoms with E-state index in [4.69, 9.17) is 0 Å². The Bertz CT molecular complexity index is 715. The molecule has 164 valence electrons. The van der Waals surface area contributed by atoms with Crippen LogP contribution in [0.1, 0.15) is 57.6 Å². The van der Waals surface area contributed by atoms with Gasteiger partial charge in [-0.1, -0.05) is 57.0 Å². The number of hydrogen-bond donors (Lipinski definition) is 1. The van der Waals surface area contributed by atoms with E-state index in [9.17, 15) is 9.59 Å². The first-order valence-electron chi connectivity index (χ1n) is 11.9. The number of carbonyl (C=O) groups excluding carboxylic acids is 2. The summed E-state index contributed by atoms with van der Waals surface area (Å²) in [4.78, 5) is 29.7. The summed E-state index contributed by atoms with van der Waals surface area (Å²) in [6.07, 6.45) is 5.38. The number of likely N-dealkylation sites (tertiary alicyclic amines) is 2. The summed E-state index contributed by atoms with van der Waals surface area (Å²) in [6, 6.07) is 10.5. The maximum Gasteiger partial charge on any atom is 0.225 e. The standard InChI is InChI=1S/C25H37N3O2/c1-18(2)25(30)28-16-21-14-27(15-22(21)17-28)13-12-23(19-8-4-3-5-9-19)26-24(29)20-10-6-7-11-20/h3-5,8-9,18,20-23H,6-7,10-17H2,1-2H3,(H,26,29)/t21?,22?,23-/m0/s1. The lowest BCUT2D eigenvalue weighted by Gasteiger charge is -2.26. The van der Waals surface area contributed by atoms with Crippen molar-refractivity contribution >= 4 is 11.8 Å². The van der Waals surface area contributed by atoms with Crippen LogP contribution in [0.4, 0.5) is 0 Å². The molecule has 0 radical (unpaired) electrons. The molecule has 30 heavy (non-hydrogen) atoms. The number of rotatable bonds is 7. The molecule has 2 aliphatic heterocycles. The first kappa shape index (κ1) is 21.4. The number of benzene rings is 1. The second-order valence-corrected chi connectivity index (χ2v) is 9.92. The van der Waals surface area contributed by atoms with Gasteiger partial charge in [-0.3, -0.25) is 9.59 Å². The Hall–Kier alpha value is -1.88. The maximum absolute atomic E-state index is 12.8. The lowest BCUT2D eigenvalue weighted by atomic mass is 10.0. The second kappa shape index (κ2) is 9.51. The predicted molar refractivity (Wildman–Crippen MR) is 119 cm³/mol. The topological polar surface area (TPSA) is 52.7 Å². The molecule has 3 fully saturated rings. The van der Waals surface area contributed by atoms with Crippen LogP contribution in [-0.4, -0.2) is 54.3 Å². The van der Waals surface area contributed by atoms with E-state index in [0.717, 1.165) is 52.0 Å². The van der Waals surface area contributed by atoms with E-state index < -0.39 is 0 Å². The number of carbonyl (C=O) groups is 2. The van der Waals surface area contributed by atoms with Gasteiger partial charge >= 0.3 is 0 Å². The lowest BCUT2D eigenvalue weighted by molar-refractivity contribution is -0.133. The number of amides is 2. The van der Waals surface area contributed by atoms with E-state index >= 15 is 0 Å². The largest absolute Gasteiger partial charge is 0.349 e. The Morgan fingerprint density at radius 1 is 1.00 bits per heavy atom. The minimum absolute atomic E-state index is 0.0822. The summed E-state index contributed by atoms with van der Waals surface area (Å²) in [5.41, 5.74) is 1.21. The fourth-order valence-corrected chi connectivity index (χ4v) is 5.61. The van der Waals surface area contributed by atoms with Crippen LogP contribution in [0, 0.1) is 23.7 Å². The molecule has 1 aromatic carbocycles.